The first-order valence-electron chi connectivity index (χ1n) is 4.22. The molecule has 1 aromatic carbocycles. The molecule has 0 saturated carbocycles. The Morgan fingerprint density at radius 3 is 3.23 bits per heavy atom. The van der Waals surface area contributed by atoms with Gasteiger partial charge in [-0.15, -0.1) is 10.3 Å². The van der Waals surface area contributed by atoms with Crippen molar-refractivity contribution in [2.75, 3.05) is 0 Å². The fourth-order valence-electron chi connectivity index (χ4n) is 1.62. The quantitative estimate of drug-likeness (QED) is 0.597. The van der Waals surface area contributed by atoms with Gasteiger partial charge in [-0.25, -0.2) is 0 Å². The van der Waals surface area contributed by atoms with Crippen LogP contribution in [0.5, 0.6) is 5.75 Å². The molecule has 0 bridgehead atoms. The van der Waals surface area contributed by atoms with E-state index in [0.717, 1.165) is 5.75 Å². The molecule has 3 nitrogen and oxygen atoms in total. The Labute approximate surface area is 75.9 Å². The normalized spacial score (nSPS) is 22.5. The van der Waals surface area contributed by atoms with E-state index >= 15 is 0 Å². The van der Waals surface area contributed by atoms with E-state index in [1.165, 1.54) is 5.56 Å². The number of para-hydroxylation sites is 1. The average molecular weight is 172 g/mol. The Morgan fingerprint density at radius 1 is 1.31 bits per heavy atom. The number of hydrazone groups is 1. The molecule has 0 fully saturated rings. The lowest BCUT2D eigenvalue weighted by atomic mass is 10.1. The van der Waals surface area contributed by atoms with Crippen molar-refractivity contribution in [3.05, 3.63) is 42.0 Å². The highest BCUT2D eigenvalue weighted by molar-refractivity contribution is 5.72. The molecule has 0 radical (unpaired) electrons. The molecule has 0 aromatic heterocycles. The molecular weight excluding hydrogens is 164 g/mol. The molecule has 2 aliphatic rings. The molecule has 0 saturated heterocycles. The first-order chi connectivity index (χ1) is 6.45. The van der Waals surface area contributed by atoms with Crippen LogP contribution >= 0.6 is 0 Å². The highest BCUT2D eigenvalue weighted by Gasteiger charge is 2.30. The van der Waals surface area contributed by atoms with Gasteiger partial charge in [-0.1, -0.05) is 24.3 Å². The van der Waals surface area contributed by atoms with Crippen LogP contribution in [0.4, 0.5) is 0 Å². The monoisotopic (exact) mass is 172 g/mol. The van der Waals surface area contributed by atoms with Crippen LogP contribution in [-0.4, -0.2) is 11.4 Å². The lowest BCUT2D eigenvalue weighted by Gasteiger charge is -2.17. The zero-order chi connectivity index (χ0) is 8.67. The molecule has 2 heterocycles. The Balaban J connectivity index is 2.12. The van der Waals surface area contributed by atoms with Crippen molar-refractivity contribution in [3.63, 3.8) is 0 Å². The van der Waals surface area contributed by atoms with E-state index < -0.39 is 0 Å². The molecule has 0 amide bonds. The minimum absolute atomic E-state index is 0.154. The van der Waals surface area contributed by atoms with Crippen molar-refractivity contribution in [1.29, 1.82) is 0 Å². The number of fused-ring (bicyclic) bond motifs is 3. The maximum atomic E-state index is 5.50. The second-order valence-corrected chi connectivity index (χ2v) is 3.03. The smallest absolute Gasteiger partial charge is 0.163 e. The van der Waals surface area contributed by atoms with Crippen molar-refractivity contribution in [1.82, 2.24) is 5.17 Å². The van der Waals surface area contributed by atoms with Crippen LogP contribution in [0, 0.1) is 0 Å². The van der Waals surface area contributed by atoms with Crippen molar-refractivity contribution in [2.24, 2.45) is 5.10 Å². The van der Waals surface area contributed by atoms with Crippen LogP contribution in [0.15, 0.2) is 41.5 Å². The number of allylic oxidation sites excluding steroid dienone is 1. The third-order valence-electron chi connectivity index (χ3n) is 2.23. The molecule has 0 aliphatic carbocycles. The van der Waals surface area contributed by atoms with Crippen molar-refractivity contribution >= 4 is 6.21 Å². The van der Waals surface area contributed by atoms with Gasteiger partial charge in [-0.3, -0.25) is 0 Å². The second-order valence-electron chi connectivity index (χ2n) is 3.03. The molecule has 13 heavy (non-hydrogen) atoms. The third-order valence-corrected chi connectivity index (χ3v) is 2.23. The topological polar surface area (TPSA) is 24.8 Å². The maximum Gasteiger partial charge on any atom is 0.163 e. The van der Waals surface area contributed by atoms with Gasteiger partial charge in [0.25, 0.3) is 0 Å². The van der Waals surface area contributed by atoms with Gasteiger partial charge < -0.3 is 4.84 Å². The average Bonchev–Trinajstić information content (AvgIpc) is 2.56. The fourth-order valence-corrected chi connectivity index (χ4v) is 1.62. The van der Waals surface area contributed by atoms with Gasteiger partial charge in [0.15, 0.2) is 5.75 Å². The number of rotatable bonds is 0. The standard InChI is InChI=1S/C10H8N2O/c1-2-6-10-8(4-1)9-5-3-7-11-12(9)13-10/h1-7,9H. The molecule has 1 atom stereocenters. The highest BCUT2D eigenvalue weighted by Crippen LogP contribution is 2.38. The van der Waals surface area contributed by atoms with Crippen molar-refractivity contribution in [2.45, 2.75) is 6.04 Å². The Morgan fingerprint density at radius 2 is 2.23 bits per heavy atom. The summed E-state index contributed by atoms with van der Waals surface area (Å²) in [5.41, 5.74) is 1.18. The van der Waals surface area contributed by atoms with Gasteiger partial charge in [0.2, 0.25) is 0 Å². The van der Waals surface area contributed by atoms with Gasteiger partial charge in [0.1, 0.15) is 6.04 Å². The molecule has 0 N–H and O–H groups in total. The van der Waals surface area contributed by atoms with Crippen molar-refractivity contribution < 1.29 is 4.84 Å². The summed E-state index contributed by atoms with van der Waals surface area (Å²) in [7, 11) is 0. The van der Waals surface area contributed by atoms with E-state index in [1.54, 1.807) is 11.4 Å². The maximum absolute atomic E-state index is 5.50. The van der Waals surface area contributed by atoms with E-state index in [-0.39, 0.29) is 6.04 Å². The minimum atomic E-state index is 0.154. The molecular formula is C10H8N2O. The summed E-state index contributed by atoms with van der Waals surface area (Å²) in [6.07, 6.45) is 5.73. The van der Waals surface area contributed by atoms with Crippen LogP contribution in [0.1, 0.15) is 11.6 Å². The molecule has 2 aliphatic heterocycles. The summed E-state index contributed by atoms with van der Waals surface area (Å²) in [6, 6.07) is 8.14. The predicted molar refractivity (Wildman–Crippen MR) is 49.3 cm³/mol. The molecule has 1 unspecified atom stereocenters. The van der Waals surface area contributed by atoms with Gasteiger partial charge >= 0.3 is 0 Å². The summed E-state index contributed by atoms with van der Waals surface area (Å²) in [5.74, 6) is 0.899. The zero-order valence-electron chi connectivity index (χ0n) is 6.92. The van der Waals surface area contributed by atoms with E-state index in [1.807, 2.05) is 24.3 Å². The van der Waals surface area contributed by atoms with Crippen LogP contribution < -0.4 is 4.84 Å². The summed E-state index contributed by atoms with van der Waals surface area (Å²) in [4.78, 5) is 5.50. The van der Waals surface area contributed by atoms with Gasteiger partial charge in [0.05, 0.1) is 6.21 Å². The van der Waals surface area contributed by atoms with E-state index in [9.17, 15) is 0 Å². The van der Waals surface area contributed by atoms with Crippen molar-refractivity contribution in [3.8, 4) is 5.75 Å². The first kappa shape index (κ1) is 6.71. The Bertz CT molecular complexity index is 398. The van der Waals surface area contributed by atoms with Gasteiger partial charge in [-0.2, -0.15) is 0 Å². The van der Waals surface area contributed by atoms with Crippen LogP contribution in [-0.2, 0) is 0 Å². The number of benzene rings is 1. The fraction of sp³-hybridized carbons (Fsp3) is 0.100. The van der Waals surface area contributed by atoms with Crippen LogP contribution in [0.25, 0.3) is 0 Å². The van der Waals surface area contributed by atoms with Gasteiger partial charge in [-0.05, 0) is 12.1 Å². The summed E-state index contributed by atoms with van der Waals surface area (Å²) >= 11 is 0. The number of hydroxylamine groups is 1. The lowest BCUT2D eigenvalue weighted by Crippen LogP contribution is -2.20. The summed E-state index contributed by atoms with van der Waals surface area (Å²) in [5, 5.41) is 5.72. The lowest BCUT2D eigenvalue weighted by molar-refractivity contribution is -0.0562. The highest BCUT2D eigenvalue weighted by atomic mass is 16.7. The third kappa shape index (κ3) is 0.869. The summed E-state index contributed by atoms with van der Waals surface area (Å²) < 4.78 is 0. The van der Waals surface area contributed by atoms with E-state index in [0.29, 0.717) is 0 Å². The number of hydrogen-bond donors (Lipinski definition) is 0. The molecule has 3 rings (SSSR count). The predicted octanol–water partition coefficient (Wildman–Crippen LogP) is 1.89. The largest absolute Gasteiger partial charge is 0.361 e. The Kier molecular flexibility index (Phi) is 1.22. The SMILES string of the molecule is C1=CC2c3ccccc3ON2N=C1. The second kappa shape index (κ2) is 2.36. The van der Waals surface area contributed by atoms with E-state index in [2.05, 4.69) is 17.2 Å². The van der Waals surface area contributed by atoms with E-state index in [4.69, 9.17) is 4.84 Å². The Hall–Kier alpha value is -1.77. The van der Waals surface area contributed by atoms with Crippen LogP contribution in [0.3, 0.4) is 0 Å². The minimum Gasteiger partial charge on any atom is -0.361 e. The molecule has 0 spiro atoms. The number of hydrogen-bond acceptors (Lipinski definition) is 3. The molecule has 1 aromatic rings. The molecule has 64 valence electrons. The first-order valence-corrected chi connectivity index (χ1v) is 4.22. The zero-order valence-corrected chi connectivity index (χ0v) is 6.92. The summed E-state index contributed by atoms with van der Waals surface area (Å²) in [6.45, 7) is 0. The van der Waals surface area contributed by atoms with Gasteiger partial charge in [0, 0.05) is 5.56 Å². The number of nitrogens with zero attached hydrogens (tertiary/aromatic N) is 2. The molecule has 3 heteroatoms. The van der Waals surface area contributed by atoms with Crippen LogP contribution in [0.2, 0.25) is 0 Å².